The molecule has 1 amide bonds. The number of rotatable bonds is 3. The van der Waals surface area contributed by atoms with Crippen LogP contribution in [0.15, 0.2) is 4.99 Å². The minimum Gasteiger partial charge on any atom is -0.353 e. The van der Waals surface area contributed by atoms with Crippen molar-refractivity contribution >= 4 is 35.8 Å². The van der Waals surface area contributed by atoms with Gasteiger partial charge in [-0.05, 0) is 55.8 Å². The number of aliphatic imine (C=N–C) groups is 1. The monoisotopic (exact) mass is 460 g/mol. The molecule has 4 rings (SSSR count). The van der Waals surface area contributed by atoms with Gasteiger partial charge in [-0.1, -0.05) is 12.8 Å². The van der Waals surface area contributed by atoms with Crippen molar-refractivity contribution in [3.8, 4) is 0 Å². The van der Waals surface area contributed by atoms with Crippen molar-refractivity contribution in [2.45, 2.75) is 57.4 Å². The first-order valence-corrected chi connectivity index (χ1v) is 9.81. The number of guanidine groups is 1. The lowest BCUT2D eigenvalue weighted by Gasteiger charge is -2.38. The molecular formula is C19H33IN4O. The van der Waals surface area contributed by atoms with Gasteiger partial charge in [0.25, 0.3) is 0 Å². The van der Waals surface area contributed by atoms with Gasteiger partial charge in [0, 0.05) is 33.2 Å². The topological polar surface area (TPSA) is 47.9 Å². The summed E-state index contributed by atoms with van der Waals surface area (Å²) in [5, 5.41) is 3.77. The quantitative estimate of drug-likeness (QED) is 0.400. The minimum absolute atomic E-state index is 0. The van der Waals surface area contributed by atoms with Gasteiger partial charge in [0.15, 0.2) is 5.96 Å². The Hall–Kier alpha value is -0.530. The zero-order chi connectivity index (χ0) is 16.7. The molecule has 5 nitrogen and oxygen atoms in total. The molecule has 1 aliphatic heterocycles. The number of amides is 1. The molecule has 2 bridgehead atoms. The summed E-state index contributed by atoms with van der Waals surface area (Å²) in [6.45, 7) is 2.50. The molecule has 4 aliphatic rings. The summed E-state index contributed by atoms with van der Waals surface area (Å²) in [5.41, 5.74) is 0.558. The Labute approximate surface area is 169 Å². The Kier molecular flexibility index (Phi) is 5.85. The number of carbonyl (C=O) groups excluding carboxylic acids is 1. The maximum Gasteiger partial charge on any atom is 0.243 e. The van der Waals surface area contributed by atoms with E-state index >= 15 is 0 Å². The second-order valence-corrected chi connectivity index (χ2v) is 8.88. The third-order valence-electron chi connectivity index (χ3n) is 7.07. The number of fused-ring (bicyclic) bond motifs is 2. The van der Waals surface area contributed by atoms with Gasteiger partial charge in [-0.3, -0.25) is 4.79 Å². The molecule has 142 valence electrons. The largest absolute Gasteiger partial charge is 0.353 e. The number of nitrogens with one attached hydrogen (secondary N) is 1. The lowest BCUT2D eigenvalue weighted by molar-refractivity contribution is -0.127. The van der Waals surface area contributed by atoms with Crippen LogP contribution in [-0.4, -0.2) is 61.4 Å². The van der Waals surface area contributed by atoms with Crippen LogP contribution in [0.4, 0.5) is 0 Å². The first kappa shape index (κ1) is 19.2. The summed E-state index contributed by atoms with van der Waals surface area (Å²) in [4.78, 5) is 20.8. The molecule has 1 N–H and O–H groups in total. The van der Waals surface area contributed by atoms with Crippen LogP contribution in [0.25, 0.3) is 0 Å². The zero-order valence-corrected chi connectivity index (χ0v) is 18.0. The molecular weight excluding hydrogens is 427 g/mol. The van der Waals surface area contributed by atoms with Crippen molar-refractivity contribution < 1.29 is 4.79 Å². The second-order valence-electron chi connectivity index (χ2n) is 8.88. The van der Waals surface area contributed by atoms with E-state index in [1.54, 1.807) is 19.0 Å². The average molecular weight is 460 g/mol. The Morgan fingerprint density at radius 1 is 1.24 bits per heavy atom. The molecule has 0 aromatic heterocycles. The first-order valence-electron chi connectivity index (χ1n) is 9.81. The smallest absolute Gasteiger partial charge is 0.243 e. The number of halogens is 1. The van der Waals surface area contributed by atoms with Crippen molar-refractivity contribution in [3.05, 3.63) is 0 Å². The fourth-order valence-corrected chi connectivity index (χ4v) is 5.31. The lowest BCUT2D eigenvalue weighted by atomic mass is 9.68. The van der Waals surface area contributed by atoms with Gasteiger partial charge < -0.3 is 15.1 Å². The zero-order valence-electron chi connectivity index (χ0n) is 15.7. The van der Waals surface area contributed by atoms with Crippen molar-refractivity contribution in [2.75, 3.05) is 33.7 Å². The van der Waals surface area contributed by atoms with Gasteiger partial charge in [-0.25, -0.2) is 4.99 Å². The number of carbonyl (C=O) groups is 1. The molecule has 25 heavy (non-hydrogen) atoms. The Morgan fingerprint density at radius 2 is 2.04 bits per heavy atom. The van der Waals surface area contributed by atoms with Gasteiger partial charge in [-0.15, -0.1) is 24.0 Å². The van der Waals surface area contributed by atoms with E-state index in [1.807, 2.05) is 0 Å². The molecule has 0 radical (unpaired) electrons. The van der Waals surface area contributed by atoms with Crippen LogP contribution >= 0.6 is 24.0 Å². The molecule has 1 heterocycles. The lowest BCUT2D eigenvalue weighted by Crippen LogP contribution is -2.48. The molecule has 1 spiro atoms. The van der Waals surface area contributed by atoms with E-state index in [4.69, 9.17) is 4.99 Å². The summed E-state index contributed by atoms with van der Waals surface area (Å²) in [5.74, 6) is 2.84. The third kappa shape index (κ3) is 3.93. The highest BCUT2D eigenvalue weighted by Gasteiger charge is 2.45. The van der Waals surface area contributed by atoms with Crippen molar-refractivity contribution in [1.82, 2.24) is 15.1 Å². The van der Waals surface area contributed by atoms with Gasteiger partial charge in [-0.2, -0.15) is 0 Å². The van der Waals surface area contributed by atoms with Crippen molar-refractivity contribution in [2.24, 2.45) is 22.2 Å². The summed E-state index contributed by atoms with van der Waals surface area (Å²) in [6, 6.07) is 0.579. The number of nitrogens with zero attached hydrogens (tertiary/aromatic N) is 3. The van der Waals surface area contributed by atoms with Gasteiger partial charge in [0.2, 0.25) is 5.91 Å². The molecule has 4 fully saturated rings. The Morgan fingerprint density at radius 3 is 2.56 bits per heavy atom. The SMILES string of the molecule is CN(C)C(=O)CN=C(NC1CC2CCC1C2)N1CCC2(CCC2)C1.I. The summed E-state index contributed by atoms with van der Waals surface area (Å²) >= 11 is 0. The minimum atomic E-state index is 0. The van der Waals surface area contributed by atoms with Crippen LogP contribution in [0.3, 0.4) is 0 Å². The first-order chi connectivity index (χ1) is 11.5. The summed E-state index contributed by atoms with van der Waals surface area (Å²) < 4.78 is 0. The molecule has 0 aromatic rings. The van der Waals surface area contributed by atoms with Crippen molar-refractivity contribution in [1.29, 1.82) is 0 Å². The highest BCUT2D eigenvalue weighted by atomic mass is 127. The molecule has 0 aromatic carbocycles. The predicted molar refractivity (Wildman–Crippen MR) is 111 cm³/mol. The van der Waals surface area contributed by atoms with E-state index in [0.29, 0.717) is 11.5 Å². The van der Waals surface area contributed by atoms with E-state index in [9.17, 15) is 4.79 Å². The van der Waals surface area contributed by atoms with E-state index in [0.717, 1.165) is 30.9 Å². The van der Waals surface area contributed by atoms with E-state index in [2.05, 4.69) is 10.2 Å². The van der Waals surface area contributed by atoms with Crippen LogP contribution in [0.1, 0.15) is 51.4 Å². The van der Waals surface area contributed by atoms with Gasteiger partial charge in [0.05, 0.1) is 0 Å². The summed E-state index contributed by atoms with van der Waals surface area (Å²) in [6.07, 6.45) is 10.9. The van der Waals surface area contributed by atoms with Crippen LogP contribution < -0.4 is 5.32 Å². The molecule has 3 unspecified atom stereocenters. The maximum atomic E-state index is 12.0. The fourth-order valence-electron chi connectivity index (χ4n) is 5.31. The van der Waals surface area contributed by atoms with Gasteiger partial charge in [0.1, 0.15) is 6.54 Å². The number of hydrogen-bond donors (Lipinski definition) is 1. The molecule has 3 aliphatic carbocycles. The van der Waals surface area contributed by atoms with E-state index < -0.39 is 0 Å². The highest BCUT2D eigenvalue weighted by Crippen LogP contribution is 2.48. The van der Waals surface area contributed by atoms with Crippen molar-refractivity contribution in [3.63, 3.8) is 0 Å². The number of likely N-dealkylation sites (tertiary alicyclic amines) is 1. The van der Waals surface area contributed by atoms with Gasteiger partial charge >= 0.3 is 0 Å². The molecule has 3 saturated carbocycles. The summed E-state index contributed by atoms with van der Waals surface area (Å²) in [7, 11) is 3.61. The normalized spacial score (nSPS) is 32.5. The maximum absolute atomic E-state index is 12.0. The number of hydrogen-bond acceptors (Lipinski definition) is 2. The Bertz CT molecular complexity index is 532. The van der Waals surface area contributed by atoms with Crippen LogP contribution in [0.5, 0.6) is 0 Å². The van der Waals surface area contributed by atoms with Crippen LogP contribution in [0.2, 0.25) is 0 Å². The average Bonchev–Trinajstić information content (AvgIpc) is 3.24. The van der Waals surface area contributed by atoms with Crippen LogP contribution in [-0.2, 0) is 4.79 Å². The number of likely N-dealkylation sites (N-methyl/N-ethyl adjacent to an activating group) is 1. The standard InChI is InChI=1S/C19H32N4O.HI/c1-22(2)17(24)12-20-18(21-16-11-14-4-5-15(16)10-14)23-9-8-19(13-23)6-3-7-19;/h14-16H,3-13H2,1-2H3,(H,20,21);1H. The fraction of sp³-hybridized carbons (Fsp3) is 0.895. The third-order valence-corrected chi connectivity index (χ3v) is 7.07. The Balaban J connectivity index is 0.00000182. The highest BCUT2D eigenvalue weighted by molar-refractivity contribution is 14.0. The predicted octanol–water partition coefficient (Wildman–Crippen LogP) is 2.70. The molecule has 1 saturated heterocycles. The second kappa shape index (κ2) is 7.61. The molecule has 3 atom stereocenters. The van der Waals surface area contributed by atoms with E-state index in [1.165, 1.54) is 51.4 Å². The molecule has 6 heteroatoms. The van der Waals surface area contributed by atoms with Crippen LogP contribution in [0, 0.1) is 17.3 Å². The van der Waals surface area contributed by atoms with E-state index in [-0.39, 0.29) is 36.4 Å².